The first-order valence-corrected chi connectivity index (χ1v) is 12.1. The largest absolute Gasteiger partial charge is 0.492 e. The van der Waals surface area contributed by atoms with Gasteiger partial charge in [0.2, 0.25) is 0 Å². The molecule has 0 saturated carbocycles. The number of aryl methyl sites for hydroxylation is 2. The van der Waals surface area contributed by atoms with Gasteiger partial charge in [-0.25, -0.2) is 0 Å². The van der Waals surface area contributed by atoms with Crippen LogP contribution in [0.3, 0.4) is 0 Å². The van der Waals surface area contributed by atoms with E-state index in [1.54, 1.807) is 0 Å². The van der Waals surface area contributed by atoms with E-state index in [9.17, 15) is 9.90 Å². The third-order valence-electron chi connectivity index (χ3n) is 6.70. The molecule has 0 radical (unpaired) electrons. The quantitative estimate of drug-likeness (QED) is 0.475. The molecule has 5 rings (SSSR count). The van der Waals surface area contributed by atoms with Crippen LogP contribution in [0, 0.1) is 13.8 Å². The molecule has 2 heterocycles. The van der Waals surface area contributed by atoms with Crippen molar-refractivity contribution in [2.75, 3.05) is 19.8 Å². The second kappa shape index (κ2) is 10.2. The summed E-state index contributed by atoms with van der Waals surface area (Å²) in [6.45, 7) is 5.58. The summed E-state index contributed by atoms with van der Waals surface area (Å²) < 4.78 is 23.0. The van der Waals surface area contributed by atoms with E-state index in [0.29, 0.717) is 37.9 Å². The highest BCUT2D eigenvalue weighted by Gasteiger charge is 2.28. The summed E-state index contributed by atoms with van der Waals surface area (Å²) in [4.78, 5) is 11.1. The monoisotopic (exact) mass is 490 g/mol. The molecule has 3 aromatic rings. The van der Waals surface area contributed by atoms with Gasteiger partial charge < -0.3 is 29.2 Å². The molecule has 3 aromatic carbocycles. The molecule has 7 nitrogen and oxygen atoms in total. The molecule has 2 aliphatic rings. The minimum absolute atomic E-state index is 0.0584. The maximum absolute atomic E-state index is 11.1. The average Bonchev–Trinajstić information content (AvgIpc) is 3.42. The van der Waals surface area contributed by atoms with E-state index in [-0.39, 0.29) is 18.4 Å². The summed E-state index contributed by atoms with van der Waals surface area (Å²) in [7, 11) is 0. The highest BCUT2D eigenvalue weighted by molar-refractivity contribution is 5.72. The minimum Gasteiger partial charge on any atom is -0.492 e. The van der Waals surface area contributed by atoms with E-state index in [1.807, 2.05) is 42.5 Å². The van der Waals surface area contributed by atoms with Crippen LogP contribution in [-0.4, -0.2) is 48.2 Å². The van der Waals surface area contributed by atoms with E-state index < -0.39 is 12.1 Å². The predicted octanol–water partition coefficient (Wildman–Crippen LogP) is 4.64. The maximum atomic E-state index is 11.1. The third kappa shape index (κ3) is 5.17. The Bertz CT molecular complexity index is 1250. The van der Waals surface area contributed by atoms with Crippen molar-refractivity contribution in [3.63, 3.8) is 0 Å². The van der Waals surface area contributed by atoms with Crippen molar-refractivity contribution in [1.29, 1.82) is 0 Å². The van der Waals surface area contributed by atoms with Gasteiger partial charge in [-0.15, -0.1) is 0 Å². The van der Waals surface area contributed by atoms with Crippen LogP contribution in [0.4, 0.5) is 0 Å². The number of carboxylic acids is 1. The van der Waals surface area contributed by atoms with Crippen LogP contribution >= 0.6 is 0 Å². The lowest BCUT2D eigenvalue weighted by Crippen LogP contribution is -2.29. The Labute approximate surface area is 210 Å². The first kappa shape index (κ1) is 24.2. The van der Waals surface area contributed by atoms with Crippen molar-refractivity contribution in [1.82, 2.24) is 0 Å². The molecule has 1 saturated heterocycles. The fourth-order valence-corrected chi connectivity index (χ4v) is 4.97. The van der Waals surface area contributed by atoms with Crippen LogP contribution in [0.5, 0.6) is 17.2 Å². The summed E-state index contributed by atoms with van der Waals surface area (Å²) in [6, 6.07) is 17.8. The molecule has 1 fully saturated rings. The minimum atomic E-state index is -0.827. The highest BCUT2D eigenvalue weighted by atomic mass is 16.6. The molecule has 0 amide bonds. The number of fused-ring (bicyclic) bond motifs is 1. The highest BCUT2D eigenvalue weighted by Crippen LogP contribution is 2.38. The lowest BCUT2D eigenvalue weighted by atomic mass is 9.94. The average molecular weight is 491 g/mol. The summed E-state index contributed by atoms with van der Waals surface area (Å²) in [5.41, 5.74) is 6.35. The third-order valence-corrected chi connectivity index (χ3v) is 6.70. The molecule has 36 heavy (non-hydrogen) atoms. The van der Waals surface area contributed by atoms with Crippen molar-refractivity contribution in [3.8, 4) is 28.4 Å². The summed E-state index contributed by atoms with van der Waals surface area (Å²) in [6.07, 6.45) is -0.892. The second-order valence-electron chi connectivity index (χ2n) is 9.49. The Hall–Kier alpha value is -3.55. The first-order valence-electron chi connectivity index (χ1n) is 12.1. The van der Waals surface area contributed by atoms with Gasteiger partial charge in [-0.1, -0.05) is 24.3 Å². The molecule has 1 unspecified atom stereocenters. The lowest BCUT2D eigenvalue weighted by Gasteiger charge is -2.19. The van der Waals surface area contributed by atoms with Gasteiger partial charge in [0.05, 0.1) is 26.2 Å². The zero-order chi connectivity index (χ0) is 25.2. The maximum Gasteiger partial charge on any atom is 0.304 e. The van der Waals surface area contributed by atoms with Gasteiger partial charge in [-0.2, -0.15) is 0 Å². The Kier molecular flexibility index (Phi) is 6.85. The van der Waals surface area contributed by atoms with Crippen LogP contribution < -0.4 is 14.2 Å². The Morgan fingerprint density at radius 2 is 1.81 bits per heavy atom. The molecule has 2 N–H and O–H groups in total. The second-order valence-corrected chi connectivity index (χ2v) is 9.49. The van der Waals surface area contributed by atoms with Crippen LogP contribution in [-0.2, 0) is 16.1 Å². The van der Waals surface area contributed by atoms with Gasteiger partial charge in [-0.3, -0.25) is 4.79 Å². The SMILES string of the molecule is Cc1cc(OC2COC[C@H]2O)cc(C)c1-c1cccc(COc2ccc3c(c2)OC[C@H]3CC(=O)O)c1. The fraction of sp³-hybridized carbons (Fsp3) is 0.345. The van der Waals surface area contributed by atoms with Crippen molar-refractivity contribution in [2.45, 2.75) is 45.0 Å². The Balaban J connectivity index is 1.28. The van der Waals surface area contributed by atoms with E-state index >= 15 is 0 Å². The van der Waals surface area contributed by atoms with Crippen molar-refractivity contribution in [3.05, 3.63) is 76.9 Å². The number of aliphatic carboxylic acids is 1. The smallest absolute Gasteiger partial charge is 0.304 e. The number of aliphatic hydroxyl groups excluding tert-OH is 1. The molecule has 0 spiro atoms. The van der Waals surface area contributed by atoms with Crippen molar-refractivity contribution in [2.24, 2.45) is 0 Å². The van der Waals surface area contributed by atoms with E-state index in [2.05, 4.69) is 26.0 Å². The Morgan fingerprint density at radius 3 is 2.53 bits per heavy atom. The first-order chi connectivity index (χ1) is 17.4. The standard InChI is InChI=1S/C29H30O7/c1-17-8-23(36-27-16-33-15-25(27)30)9-18(2)29(17)20-5-3-4-19(10-20)13-34-22-6-7-24-21(11-28(31)32)14-35-26(24)12-22/h3-10,12,21,25,27,30H,11,13-16H2,1-2H3,(H,31,32)/t21-,25-,27?/m1/s1. The molecule has 188 valence electrons. The zero-order valence-electron chi connectivity index (χ0n) is 20.4. The fourth-order valence-electron chi connectivity index (χ4n) is 4.97. The lowest BCUT2D eigenvalue weighted by molar-refractivity contribution is -0.137. The van der Waals surface area contributed by atoms with Crippen molar-refractivity contribution < 1.29 is 34.0 Å². The predicted molar refractivity (Wildman–Crippen MR) is 134 cm³/mol. The van der Waals surface area contributed by atoms with Crippen LogP contribution in [0.25, 0.3) is 11.1 Å². The van der Waals surface area contributed by atoms with Gasteiger partial charge in [0.15, 0.2) is 0 Å². The van der Waals surface area contributed by atoms with Crippen LogP contribution in [0.2, 0.25) is 0 Å². The zero-order valence-corrected chi connectivity index (χ0v) is 20.4. The van der Waals surface area contributed by atoms with E-state index in [1.165, 1.54) is 0 Å². The van der Waals surface area contributed by atoms with E-state index in [4.69, 9.17) is 24.1 Å². The number of aliphatic hydroxyl groups is 1. The topological polar surface area (TPSA) is 94.5 Å². The molecule has 2 aliphatic heterocycles. The van der Waals surface area contributed by atoms with Gasteiger partial charge in [0.25, 0.3) is 0 Å². The number of hydrogen-bond acceptors (Lipinski definition) is 6. The number of carbonyl (C=O) groups is 1. The molecule has 0 aliphatic carbocycles. The normalized spacial score (nSPS) is 20.6. The number of benzene rings is 3. The van der Waals surface area contributed by atoms with Gasteiger partial charge in [0, 0.05) is 17.5 Å². The summed E-state index contributed by atoms with van der Waals surface area (Å²) in [5.74, 6) is 1.15. The number of carboxylic acid groups (broad SMARTS) is 1. The summed E-state index contributed by atoms with van der Waals surface area (Å²) >= 11 is 0. The summed E-state index contributed by atoms with van der Waals surface area (Å²) in [5, 5.41) is 19.1. The number of rotatable bonds is 8. The molecule has 3 atom stereocenters. The van der Waals surface area contributed by atoms with E-state index in [0.717, 1.165) is 39.1 Å². The van der Waals surface area contributed by atoms with Gasteiger partial charge in [-0.05, 0) is 65.9 Å². The molecule has 7 heteroatoms. The van der Waals surface area contributed by atoms with Crippen LogP contribution in [0.15, 0.2) is 54.6 Å². The van der Waals surface area contributed by atoms with Gasteiger partial charge in [0.1, 0.15) is 36.1 Å². The molecular formula is C29H30O7. The Morgan fingerprint density at radius 1 is 1.00 bits per heavy atom. The van der Waals surface area contributed by atoms with Crippen LogP contribution in [0.1, 0.15) is 34.6 Å². The molecule has 0 aromatic heterocycles. The van der Waals surface area contributed by atoms with Gasteiger partial charge >= 0.3 is 5.97 Å². The molecular weight excluding hydrogens is 460 g/mol. The van der Waals surface area contributed by atoms with Crippen molar-refractivity contribution >= 4 is 5.97 Å². The molecule has 0 bridgehead atoms. The number of ether oxygens (including phenoxy) is 4. The number of hydrogen-bond donors (Lipinski definition) is 2.